The summed E-state index contributed by atoms with van der Waals surface area (Å²) in [5.74, 6) is -0.177. The van der Waals surface area contributed by atoms with Crippen LogP contribution in [0.3, 0.4) is 0 Å². The molecule has 0 radical (unpaired) electrons. The van der Waals surface area contributed by atoms with Gasteiger partial charge in [0.25, 0.3) is 0 Å². The second kappa shape index (κ2) is 41.8. The van der Waals surface area contributed by atoms with E-state index in [0.29, 0.717) is 184 Å². The Morgan fingerprint density at radius 2 is 0.620 bits per heavy atom. The summed E-state index contributed by atoms with van der Waals surface area (Å²) in [7, 11) is 0. The van der Waals surface area contributed by atoms with E-state index in [0.717, 1.165) is 0 Å². The second-order valence-electron chi connectivity index (χ2n) is 10.5. The van der Waals surface area contributed by atoms with Crippen LogP contribution in [0.5, 0.6) is 0 Å². The summed E-state index contributed by atoms with van der Waals surface area (Å²) in [6.45, 7) is 13.6. The standard InChI is InChI=1S/C32H68N6O12/c33-3-8-38(9-6-36-31(39)1-11-41-15-19-45-23-27-49-29-25-47-21-17-43-13-4-34)10-7-37-32(40)2-12-42-16-20-46-24-28-50-30-26-48-22-18-44-14-5-35/h1-30,33-35H2,(H,36,39)(H,37,40). The van der Waals surface area contributed by atoms with Crippen LogP contribution in [0, 0.1) is 0 Å². The van der Waals surface area contributed by atoms with Crippen LogP contribution in [-0.4, -0.2) is 201 Å². The molecule has 0 fully saturated rings. The van der Waals surface area contributed by atoms with E-state index in [1.807, 2.05) is 0 Å². The smallest absolute Gasteiger partial charge is 0.222 e. The maximum Gasteiger partial charge on any atom is 0.222 e. The van der Waals surface area contributed by atoms with E-state index in [-0.39, 0.29) is 24.7 Å². The molecule has 0 aliphatic rings. The Balaban J connectivity index is 3.54. The van der Waals surface area contributed by atoms with Crippen LogP contribution < -0.4 is 27.8 Å². The number of nitrogens with two attached hydrogens (primary N) is 3. The monoisotopic (exact) mass is 728 g/mol. The maximum atomic E-state index is 12.1. The van der Waals surface area contributed by atoms with Gasteiger partial charge in [-0.25, -0.2) is 0 Å². The molecule has 8 N–H and O–H groups in total. The Bertz CT molecular complexity index is 667. The van der Waals surface area contributed by atoms with Crippen LogP contribution in [0.1, 0.15) is 12.8 Å². The van der Waals surface area contributed by atoms with Crippen molar-refractivity contribution in [3.05, 3.63) is 0 Å². The molecule has 0 rings (SSSR count). The van der Waals surface area contributed by atoms with Gasteiger partial charge in [0.05, 0.1) is 132 Å². The summed E-state index contributed by atoms with van der Waals surface area (Å²) in [5, 5.41) is 5.78. The zero-order valence-electron chi connectivity index (χ0n) is 30.3. The lowest BCUT2D eigenvalue weighted by atomic mass is 10.3. The molecular formula is C32H68N6O12. The highest BCUT2D eigenvalue weighted by atomic mass is 16.6. The summed E-state index contributed by atoms with van der Waals surface area (Å²) < 4.78 is 53.8. The minimum absolute atomic E-state index is 0.0885. The lowest BCUT2D eigenvalue weighted by molar-refractivity contribution is -0.123. The molecule has 18 heteroatoms. The van der Waals surface area contributed by atoms with Gasteiger partial charge in [0.2, 0.25) is 11.8 Å². The summed E-state index contributed by atoms with van der Waals surface area (Å²) in [6.07, 6.45) is 0.526. The van der Waals surface area contributed by atoms with Crippen LogP contribution >= 0.6 is 0 Å². The minimum Gasteiger partial charge on any atom is -0.379 e. The highest BCUT2D eigenvalue weighted by Gasteiger charge is 2.08. The minimum atomic E-state index is -0.0885. The van der Waals surface area contributed by atoms with Gasteiger partial charge in [-0.15, -0.1) is 0 Å². The molecule has 2 amide bonds. The first-order valence-electron chi connectivity index (χ1n) is 17.8. The molecule has 18 nitrogen and oxygen atoms in total. The van der Waals surface area contributed by atoms with Crippen molar-refractivity contribution < 1.29 is 57.0 Å². The number of nitrogens with one attached hydrogen (secondary N) is 2. The largest absolute Gasteiger partial charge is 0.379 e. The van der Waals surface area contributed by atoms with Crippen molar-refractivity contribution in [2.75, 3.05) is 184 Å². The number of hydrogen-bond donors (Lipinski definition) is 5. The van der Waals surface area contributed by atoms with Crippen LogP contribution in [0.2, 0.25) is 0 Å². The Morgan fingerprint density at radius 1 is 0.360 bits per heavy atom. The van der Waals surface area contributed by atoms with Gasteiger partial charge < -0.3 is 75.2 Å². The zero-order chi connectivity index (χ0) is 36.4. The third-order valence-corrected chi connectivity index (χ3v) is 6.39. The van der Waals surface area contributed by atoms with Crippen molar-refractivity contribution in [2.24, 2.45) is 17.2 Å². The van der Waals surface area contributed by atoms with Gasteiger partial charge in [-0.1, -0.05) is 0 Å². The average Bonchev–Trinajstić information content (AvgIpc) is 3.11. The van der Waals surface area contributed by atoms with E-state index < -0.39 is 0 Å². The third-order valence-electron chi connectivity index (χ3n) is 6.39. The quantitative estimate of drug-likeness (QED) is 0.0404. The van der Waals surface area contributed by atoms with Crippen LogP contribution in [0.15, 0.2) is 0 Å². The van der Waals surface area contributed by atoms with Crippen molar-refractivity contribution in [2.45, 2.75) is 12.8 Å². The van der Waals surface area contributed by atoms with E-state index in [1.54, 1.807) is 0 Å². The fraction of sp³-hybridized carbons (Fsp3) is 0.938. The van der Waals surface area contributed by atoms with Gasteiger partial charge >= 0.3 is 0 Å². The molecule has 0 aromatic heterocycles. The molecule has 298 valence electrons. The van der Waals surface area contributed by atoms with Crippen molar-refractivity contribution in [3.63, 3.8) is 0 Å². The van der Waals surface area contributed by atoms with Gasteiger partial charge in [-0.2, -0.15) is 0 Å². The van der Waals surface area contributed by atoms with Crippen molar-refractivity contribution in [1.29, 1.82) is 0 Å². The Kier molecular flexibility index (Phi) is 40.4. The van der Waals surface area contributed by atoms with Gasteiger partial charge in [0.15, 0.2) is 0 Å². The lowest BCUT2D eigenvalue weighted by Crippen LogP contribution is -2.41. The lowest BCUT2D eigenvalue weighted by Gasteiger charge is -2.22. The molecule has 0 aromatic rings. The molecule has 0 heterocycles. The fourth-order valence-corrected chi connectivity index (χ4v) is 3.86. The SMILES string of the molecule is NCCOCCOCCOCCOCCOCCC(=O)NCCN(CCN)CCNC(=O)CCOCCOCCOCCOCCOCCN. The number of rotatable bonds is 42. The second-order valence-corrected chi connectivity index (χ2v) is 10.5. The molecule has 0 spiro atoms. The molecule has 0 aliphatic heterocycles. The highest BCUT2D eigenvalue weighted by Crippen LogP contribution is 1.90. The molecule has 0 aliphatic carbocycles. The highest BCUT2D eigenvalue weighted by molar-refractivity contribution is 5.76. The normalized spacial score (nSPS) is 11.4. The van der Waals surface area contributed by atoms with Crippen LogP contribution in [0.25, 0.3) is 0 Å². The number of ether oxygens (including phenoxy) is 10. The van der Waals surface area contributed by atoms with Crippen molar-refractivity contribution >= 4 is 11.8 Å². The van der Waals surface area contributed by atoms with Crippen molar-refractivity contribution in [3.8, 4) is 0 Å². The molecule has 0 atom stereocenters. The summed E-state index contributed by atoms with van der Waals surface area (Å²) in [5.41, 5.74) is 16.4. The van der Waals surface area contributed by atoms with Crippen LogP contribution in [-0.2, 0) is 57.0 Å². The number of amides is 2. The van der Waals surface area contributed by atoms with E-state index in [9.17, 15) is 9.59 Å². The number of carbonyl (C=O) groups excluding carboxylic acids is 2. The fourth-order valence-electron chi connectivity index (χ4n) is 3.86. The van der Waals surface area contributed by atoms with Gasteiger partial charge in [0.1, 0.15) is 0 Å². The zero-order valence-corrected chi connectivity index (χ0v) is 30.3. The number of carbonyl (C=O) groups is 2. The molecule has 0 aromatic carbocycles. The number of nitrogens with zero attached hydrogens (tertiary/aromatic N) is 1. The molecule has 0 unspecified atom stereocenters. The molecular weight excluding hydrogens is 660 g/mol. The Hall–Kier alpha value is -1.62. The van der Waals surface area contributed by atoms with Gasteiger partial charge in [-0.3, -0.25) is 14.5 Å². The van der Waals surface area contributed by atoms with Crippen LogP contribution in [0.4, 0.5) is 0 Å². The first-order chi connectivity index (χ1) is 24.6. The molecule has 0 bridgehead atoms. The average molecular weight is 729 g/mol. The predicted octanol–water partition coefficient (Wildman–Crippen LogP) is -2.66. The summed E-state index contributed by atoms with van der Waals surface area (Å²) in [4.78, 5) is 26.3. The predicted molar refractivity (Wildman–Crippen MR) is 187 cm³/mol. The van der Waals surface area contributed by atoms with E-state index >= 15 is 0 Å². The van der Waals surface area contributed by atoms with E-state index in [1.165, 1.54) is 0 Å². The van der Waals surface area contributed by atoms with Crippen molar-refractivity contribution in [1.82, 2.24) is 15.5 Å². The maximum absolute atomic E-state index is 12.1. The topological polar surface area (TPSA) is 232 Å². The molecule has 0 saturated carbocycles. The van der Waals surface area contributed by atoms with E-state index in [2.05, 4.69) is 15.5 Å². The Morgan fingerprint density at radius 3 is 0.880 bits per heavy atom. The first-order valence-corrected chi connectivity index (χ1v) is 17.8. The number of hydrogen-bond acceptors (Lipinski definition) is 16. The Labute approximate surface area is 298 Å². The molecule has 0 saturated heterocycles. The van der Waals surface area contributed by atoms with Gasteiger partial charge in [0, 0.05) is 65.2 Å². The van der Waals surface area contributed by atoms with E-state index in [4.69, 9.17) is 64.6 Å². The third kappa shape index (κ3) is 39.2. The summed E-state index contributed by atoms with van der Waals surface area (Å²) in [6, 6.07) is 0. The summed E-state index contributed by atoms with van der Waals surface area (Å²) >= 11 is 0. The van der Waals surface area contributed by atoms with Gasteiger partial charge in [-0.05, 0) is 0 Å². The molecule has 50 heavy (non-hydrogen) atoms. The first kappa shape index (κ1) is 48.4.